The van der Waals surface area contributed by atoms with Crippen molar-refractivity contribution < 1.29 is 4.79 Å². The van der Waals surface area contributed by atoms with Crippen molar-refractivity contribution in [1.82, 2.24) is 49.6 Å². The number of hydrogen-bond acceptors (Lipinski definition) is 15. The second kappa shape index (κ2) is 22.9. The molecule has 3 aromatic carbocycles. The van der Waals surface area contributed by atoms with Crippen molar-refractivity contribution in [2.75, 3.05) is 96.7 Å². The van der Waals surface area contributed by atoms with Crippen LogP contribution in [0.15, 0.2) is 53.3 Å². The van der Waals surface area contributed by atoms with E-state index in [9.17, 15) is 9.59 Å². The Bertz CT molecular complexity index is 2620. The summed E-state index contributed by atoms with van der Waals surface area (Å²) in [6, 6.07) is 15.2. The van der Waals surface area contributed by atoms with E-state index in [1.165, 1.54) is 12.8 Å². The second-order valence-corrected chi connectivity index (χ2v) is 18.4. The van der Waals surface area contributed by atoms with E-state index in [0.29, 0.717) is 69.2 Å². The van der Waals surface area contributed by atoms with E-state index in [1.54, 1.807) is 0 Å². The number of nitrogens with one attached hydrogen (secondary N) is 4. The number of unbranched alkanes of at least 4 members (excludes halogenated alkanes) is 7. The van der Waals surface area contributed by atoms with Crippen LogP contribution in [0.1, 0.15) is 108 Å². The summed E-state index contributed by atoms with van der Waals surface area (Å²) < 4.78 is 0. The van der Waals surface area contributed by atoms with Crippen molar-refractivity contribution in [2.45, 2.75) is 83.5 Å². The van der Waals surface area contributed by atoms with E-state index < -0.39 is 0 Å². The molecule has 350 valence electrons. The molecule has 0 fully saturated rings. The number of ketones is 1. The number of aromatic amines is 1. The topological polar surface area (TPSA) is 199 Å². The Labute approximate surface area is 388 Å². The maximum absolute atomic E-state index is 14.3. The number of aromatic nitrogens is 7. The molecule has 0 radical (unpaired) electrons. The zero-order valence-corrected chi connectivity index (χ0v) is 39.8. The first-order chi connectivity index (χ1) is 31.9. The van der Waals surface area contributed by atoms with Crippen molar-refractivity contribution in [3.05, 3.63) is 98.2 Å². The number of carbonyl (C=O) groups excluding carboxylic acids is 1. The Kier molecular flexibility index (Phi) is 16.6. The van der Waals surface area contributed by atoms with Crippen LogP contribution in [0.4, 0.5) is 29.5 Å². The molecular formula is C50H68N14O2. The van der Waals surface area contributed by atoms with E-state index in [1.807, 2.05) is 48.5 Å². The molecule has 0 bridgehead atoms. The van der Waals surface area contributed by atoms with E-state index in [0.717, 1.165) is 113 Å². The molecule has 3 aromatic heterocycles. The minimum Gasteiger partial charge on any atom is -0.368 e. The number of nitrogen functional groups attached to an aromatic ring is 1. The lowest BCUT2D eigenvalue weighted by Crippen LogP contribution is -2.17. The highest BCUT2D eigenvalue weighted by molar-refractivity contribution is 6.14. The van der Waals surface area contributed by atoms with Crippen LogP contribution in [0.5, 0.6) is 0 Å². The third kappa shape index (κ3) is 13.3. The Morgan fingerprint density at radius 3 is 1.88 bits per heavy atom. The summed E-state index contributed by atoms with van der Waals surface area (Å²) in [6.45, 7) is 4.75. The molecule has 0 amide bonds. The highest BCUT2D eigenvalue weighted by Gasteiger charge is 2.25. The average molecular weight is 897 g/mol. The number of pyridine rings is 1. The van der Waals surface area contributed by atoms with Crippen LogP contribution in [-0.2, 0) is 19.3 Å². The van der Waals surface area contributed by atoms with Crippen LogP contribution in [0, 0.1) is 0 Å². The summed E-state index contributed by atoms with van der Waals surface area (Å²) in [5.74, 6) is 2.76. The summed E-state index contributed by atoms with van der Waals surface area (Å²) in [5, 5.41) is 11.1. The predicted molar refractivity (Wildman–Crippen MR) is 267 cm³/mol. The third-order valence-electron chi connectivity index (χ3n) is 12.0. The number of aryl methyl sites for hydroxylation is 1. The Morgan fingerprint density at radius 1 is 0.576 bits per heavy atom. The van der Waals surface area contributed by atoms with E-state index in [-0.39, 0.29) is 23.1 Å². The standard InChI is InChI=1S/C50H68N14O2/c1-62(2)24-14-8-7-11-17-43-56-44(58-48(57-43)52-22-12-9-15-25-63(3)4)28-33-18-21-41-39(27-33)46(66)40-30-35-29-34-19-20-36(31-37(34)45(65)38(35)32-42(40)55-41)54-50-60-47(51)59-49(61-50)53-23-13-10-16-26-64(5)6/h18-21,27,30-32H,7-17,22-26,28-29H2,1-6H3,(H,55,66)(H,52,56,57,58)(H4,51,53,54,59,60,61). The minimum absolute atomic E-state index is 0.0850. The van der Waals surface area contributed by atoms with E-state index in [4.69, 9.17) is 20.7 Å². The van der Waals surface area contributed by atoms with Crippen molar-refractivity contribution in [2.24, 2.45) is 0 Å². The molecule has 66 heavy (non-hydrogen) atoms. The number of hydrogen-bond donors (Lipinski definition) is 5. The monoisotopic (exact) mass is 897 g/mol. The van der Waals surface area contributed by atoms with Gasteiger partial charge in [0, 0.05) is 59.0 Å². The molecule has 0 aliphatic heterocycles. The molecule has 1 aliphatic carbocycles. The van der Waals surface area contributed by atoms with Crippen molar-refractivity contribution in [3.8, 4) is 0 Å². The predicted octanol–water partition coefficient (Wildman–Crippen LogP) is 7.06. The number of fused-ring (bicyclic) bond motifs is 4. The van der Waals surface area contributed by atoms with Gasteiger partial charge < -0.3 is 41.4 Å². The first-order valence-corrected chi connectivity index (χ1v) is 23.6. The van der Waals surface area contributed by atoms with E-state index >= 15 is 0 Å². The molecule has 0 saturated heterocycles. The van der Waals surface area contributed by atoms with Gasteiger partial charge in [-0.1, -0.05) is 37.8 Å². The van der Waals surface area contributed by atoms with Gasteiger partial charge >= 0.3 is 0 Å². The van der Waals surface area contributed by atoms with Gasteiger partial charge in [0.1, 0.15) is 11.6 Å². The van der Waals surface area contributed by atoms with Gasteiger partial charge in [-0.3, -0.25) is 9.59 Å². The van der Waals surface area contributed by atoms with Crippen LogP contribution >= 0.6 is 0 Å². The summed E-state index contributed by atoms with van der Waals surface area (Å²) in [5.41, 5.74) is 11.7. The molecular weight excluding hydrogens is 829 g/mol. The van der Waals surface area contributed by atoms with Gasteiger partial charge in [0.05, 0.1) is 5.52 Å². The highest BCUT2D eigenvalue weighted by atomic mass is 16.1. The molecule has 6 N–H and O–H groups in total. The van der Waals surface area contributed by atoms with Crippen molar-refractivity contribution in [1.29, 1.82) is 0 Å². The summed E-state index contributed by atoms with van der Waals surface area (Å²) in [6.07, 6.45) is 12.8. The molecule has 0 unspecified atom stereocenters. The van der Waals surface area contributed by atoms with Crippen molar-refractivity contribution >= 4 is 57.1 Å². The lowest BCUT2D eigenvalue weighted by atomic mass is 9.84. The second-order valence-electron chi connectivity index (χ2n) is 18.4. The molecule has 16 nitrogen and oxygen atoms in total. The molecule has 3 heterocycles. The fourth-order valence-electron chi connectivity index (χ4n) is 8.45. The van der Waals surface area contributed by atoms with E-state index in [2.05, 4.69) is 92.9 Å². The van der Waals surface area contributed by atoms with Crippen LogP contribution in [0.2, 0.25) is 0 Å². The number of rotatable bonds is 25. The first-order valence-electron chi connectivity index (χ1n) is 23.6. The van der Waals surface area contributed by atoms with Crippen LogP contribution < -0.4 is 27.1 Å². The number of nitrogens with zero attached hydrogens (tertiary/aromatic N) is 9. The normalized spacial score (nSPS) is 12.4. The van der Waals surface area contributed by atoms with Gasteiger partial charge in [-0.15, -0.1) is 0 Å². The molecule has 0 saturated carbocycles. The Balaban J connectivity index is 1.05. The van der Waals surface area contributed by atoms with Gasteiger partial charge in [0.2, 0.25) is 23.8 Å². The zero-order chi connectivity index (χ0) is 46.6. The fraction of sp³-hybridized carbons (Fsp3) is 0.480. The maximum atomic E-state index is 14.3. The Morgan fingerprint density at radius 2 is 1.18 bits per heavy atom. The smallest absolute Gasteiger partial charge is 0.233 e. The molecule has 0 spiro atoms. The van der Waals surface area contributed by atoms with Crippen LogP contribution in [0.3, 0.4) is 0 Å². The largest absolute Gasteiger partial charge is 0.368 e. The van der Waals surface area contributed by atoms with Gasteiger partial charge in [-0.05, 0) is 160 Å². The summed E-state index contributed by atoms with van der Waals surface area (Å²) in [4.78, 5) is 66.1. The highest BCUT2D eigenvalue weighted by Crippen LogP contribution is 2.32. The molecule has 0 atom stereocenters. The lowest BCUT2D eigenvalue weighted by molar-refractivity contribution is 0.103. The first kappa shape index (κ1) is 47.9. The van der Waals surface area contributed by atoms with Crippen LogP contribution in [0.25, 0.3) is 21.8 Å². The number of benzene rings is 3. The van der Waals surface area contributed by atoms with Crippen molar-refractivity contribution in [3.63, 3.8) is 0 Å². The van der Waals surface area contributed by atoms with Crippen LogP contribution in [-0.4, -0.2) is 130 Å². The lowest BCUT2D eigenvalue weighted by Gasteiger charge is -2.20. The van der Waals surface area contributed by atoms with Gasteiger partial charge in [-0.2, -0.15) is 24.9 Å². The Hall–Kier alpha value is -6.10. The molecule has 7 rings (SSSR count). The van der Waals surface area contributed by atoms with Gasteiger partial charge in [0.15, 0.2) is 11.2 Å². The average Bonchev–Trinajstić information content (AvgIpc) is 3.27. The zero-order valence-electron chi connectivity index (χ0n) is 39.8. The fourth-order valence-corrected chi connectivity index (χ4v) is 8.45. The quantitative estimate of drug-likeness (QED) is 0.0289. The minimum atomic E-state index is -0.112. The number of carbonyl (C=O) groups is 1. The third-order valence-corrected chi connectivity index (χ3v) is 12.0. The number of anilines is 5. The number of H-pyrrole nitrogens is 1. The van der Waals surface area contributed by atoms with Gasteiger partial charge in [-0.25, -0.2) is 4.98 Å². The molecule has 6 aromatic rings. The maximum Gasteiger partial charge on any atom is 0.233 e. The summed E-state index contributed by atoms with van der Waals surface area (Å²) >= 11 is 0. The number of nitrogens with two attached hydrogens (primary N) is 1. The molecule has 1 aliphatic rings. The summed E-state index contributed by atoms with van der Waals surface area (Å²) in [7, 11) is 12.6. The SMILES string of the molecule is CN(C)CCCCCCc1nc(Cc2ccc3[nH]c4cc5c(cc4c(=O)c3c2)Cc2ccc(Nc3nc(N)nc(NCCCCCN(C)C)n3)cc2C5=O)nc(NCCCCCN(C)C)n1. The van der Waals surface area contributed by atoms with Gasteiger partial charge in [0.25, 0.3) is 0 Å². The molecule has 16 heteroatoms.